The van der Waals surface area contributed by atoms with Crippen molar-refractivity contribution in [3.05, 3.63) is 39.7 Å². The summed E-state index contributed by atoms with van der Waals surface area (Å²) < 4.78 is 1.98. The van der Waals surface area contributed by atoms with Gasteiger partial charge < -0.3 is 5.32 Å². The summed E-state index contributed by atoms with van der Waals surface area (Å²) in [6.45, 7) is 0. The number of carbonyl (C=O) groups is 1. The van der Waals surface area contributed by atoms with E-state index in [0.717, 1.165) is 33.9 Å². The summed E-state index contributed by atoms with van der Waals surface area (Å²) in [7, 11) is 0. The number of hydrogen-bond donors (Lipinski definition) is 1. The molecule has 0 spiro atoms. The van der Waals surface area contributed by atoms with Gasteiger partial charge in [-0.2, -0.15) is 0 Å². The molecule has 0 fully saturated rings. The van der Waals surface area contributed by atoms with E-state index in [0.29, 0.717) is 15.9 Å². The fourth-order valence-electron chi connectivity index (χ4n) is 3.56. The Bertz CT molecular complexity index is 1250. The van der Waals surface area contributed by atoms with Crippen LogP contribution in [0.25, 0.3) is 15.9 Å². The van der Waals surface area contributed by atoms with E-state index in [1.165, 1.54) is 28.6 Å². The fourth-order valence-corrected chi connectivity index (χ4v) is 6.40. The van der Waals surface area contributed by atoms with Crippen LogP contribution in [0.1, 0.15) is 16.9 Å². The zero-order chi connectivity index (χ0) is 20.0. The number of benzene rings is 1. The molecule has 4 aromatic rings. The molecule has 0 aliphatic heterocycles. The van der Waals surface area contributed by atoms with Crippen LogP contribution < -0.4 is 5.32 Å². The molecule has 0 unspecified atom stereocenters. The van der Waals surface area contributed by atoms with E-state index in [-0.39, 0.29) is 11.7 Å². The number of thioether (sulfide) groups is 2. The third-order valence-corrected chi connectivity index (χ3v) is 7.76. The van der Waals surface area contributed by atoms with Crippen LogP contribution in [0, 0.1) is 0 Å². The average Bonchev–Trinajstić information content (AvgIpc) is 3.39. The lowest BCUT2D eigenvalue weighted by Crippen LogP contribution is -2.14. The van der Waals surface area contributed by atoms with Crippen molar-refractivity contribution in [1.82, 2.24) is 19.6 Å². The normalized spacial score (nSPS) is 13.3. The molecule has 1 N–H and O–H groups in total. The molecule has 1 aromatic carbocycles. The zero-order valence-corrected chi connectivity index (χ0v) is 18.6. The van der Waals surface area contributed by atoms with Gasteiger partial charge in [-0.1, -0.05) is 41.2 Å². The summed E-state index contributed by atoms with van der Waals surface area (Å²) in [6.07, 6.45) is 5.38. The Labute approximate surface area is 184 Å². The fraction of sp³-hybridized carbons (Fsp3) is 0.263. The van der Waals surface area contributed by atoms with Crippen molar-refractivity contribution in [2.24, 2.45) is 0 Å². The summed E-state index contributed by atoms with van der Waals surface area (Å²) in [6, 6.07) is 7.11. The first-order chi connectivity index (χ1) is 14.1. The number of hydrogen-bond acceptors (Lipinski definition) is 7. The van der Waals surface area contributed by atoms with Crippen molar-refractivity contribution in [2.45, 2.75) is 29.6 Å². The highest BCUT2D eigenvalue weighted by atomic mass is 35.5. The van der Waals surface area contributed by atoms with Crippen molar-refractivity contribution in [1.29, 1.82) is 0 Å². The van der Waals surface area contributed by atoms with Gasteiger partial charge >= 0.3 is 0 Å². The van der Waals surface area contributed by atoms with E-state index >= 15 is 0 Å². The Balaban J connectivity index is 1.44. The molecule has 0 saturated heterocycles. The van der Waals surface area contributed by atoms with Crippen LogP contribution >= 0.6 is 46.5 Å². The van der Waals surface area contributed by atoms with E-state index in [1.54, 1.807) is 41.3 Å². The van der Waals surface area contributed by atoms with Gasteiger partial charge in [-0.3, -0.25) is 4.79 Å². The molecule has 3 aromatic heterocycles. The number of rotatable bonds is 5. The molecule has 0 radical (unpaired) electrons. The molecule has 1 amide bonds. The van der Waals surface area contributed by atoms with Crippen molar-refractivity contribution in [2.75, 3.05) is 17.3 Å². The molecule has 5 rings (SSSR count). The Hall–Kier alpha value is -1.81. The quantitative estimate of drug-likeness (QED) is 0.335. The molecule has 1 aliphatic carbocycles. The molecule has 6 nitrogen and oxygen atoms in total. The van der Waals surface area contributed by atoms with Gasteiger partial charge in [-0.15, -0.1) is 21.5 Å². The molecule has 0 saturated carbocycles. The lowest BCUT2D eigenvalue weighted by atomic mass is 10.2. The van der Waals surface area contributed by atoms with E-state index in [9.17, 15) is 4.79 Å². The molecule has 3 heterocycles. The number of halogens is 1. The maximum Gasteiger partial charge on any atom is 0.234 e. The largest absolute Gasteiger partial charge is 0.325 e. The third-order valence-electron chi connectivity index (χ3n) is 4.77. The van der Waals surface area contributed by atoms with Crippen LogP contribution in [0.4, 0.5) is 5.69 Å². The summed E-state index contributed by atoms with van der Waals surface area (Å²) in [5, 5.41) is 14.9. The van der Waals surface area contributed by atoms with Crippen LogP contribution in [0.5, 0.6) is 0 Å². The Morgan fingerprint density at radius 2 is 2.21 bits per heavy atom. The summed E-state index contributed by atoms with van der Waals surface area (Å²) in [4.78, 5) is 19.7. The number of aromatic nitrogens is 4. The van der Waals surface area contributed by atoms with Gasteiger partial charge in [-0.05, 0) is 49.3 Å². The van der Waals surface area contributed by atoms with Crippen LogP contribution in [0.15, 0.2) is 34.6 Å². The maximum absolute atomic E-state index is 12.4. The minimum Gasteiger partial charge on any atom is -0.325 e. The lowest BCUT2D eigenvalue weighted by molar-refractivity contribution is -0.113. The minimum absolute atomic E-state index is 0.120. The number of thiophene rings is 1. The Morgan fingerprint density at radius 3 is 3.03 bits per heavy atom. The Kier molecular flexibility index (Phi) is 5.15. The van der Waals surface area contributed by atoms with Crippen LogP contribution in [0.3, 0.4) is 0 Å². The number of amides is 1. The maximum atomic E-state index is 12.4. The second-order valence-corrected chi connectivity index (χ2v) is 9.86. The molecule has 148 valence electrons. The first kappa shape index (κ1) is 19.2. The molecular weight excluding hydrogens is 446 g/mol. The SMILES string of the molecule is CSc1nc2sc3c(c2c2nnc(SCC(=O)Nc4cccc(Cl)c4)n12)CCC3. The number of anilines is 1. The predicted octanol–water partition coefficient (Wildman–Crippen LogP) is 4.93. The number of nitrogens with one attached hydrogen (secondary N) is 1. The van der Waals surface area contributed by atoms with Gasteiger partial charge in [0.2, 0.25) is 5.91 Å². The highest BCUT2D eigenvalue weighted by Gasteiger charge is 2.24. The second-order valence-electron chi connectivity index (χ2n) is 6.62. The average molecular weight is 462 g/mol. The van der Waals surface area contributed by atoms with Crippen LogP contribution in [-0.4, -0.2) is 37.5 Å². The smallest absolute Gasteiger partial charge is 0.234 e. The lowest BCUT2D eigenvalue weighted by Gasteiger charge is -2.07. The second kappa shape index (κ2) is 7.79. The number of nitrogens with zero attached hydrogens (tertiary/aromatic N) is 4. The van der Waals surface area contributed by atoms with Crippen molar-refractivity contribution < 1.29 is 4.79 Å². The monoisotopic (exact) mass is 461 g/mol. The standard InChI is InChI=1S/C19H16ClN5OS3/c1-27-18-22-17-15(12-6-3-7-13(12)29-17)16-23-24-19(25(16)18)28-9-14(26)21-11-5-2-4-10(20)8-11/h2,4-5,8H,3,6-7,9H2,1H3,(H,21,26). The van der Waals surface area contributed by atoms with Crippen LogP contribution in [-0.2, 0) is 17.6 Å². The number of fused-ring (bicyclic) bond motifs is 5. The van der Waals surface area contributed by atoms with Crippen LogP contribution in [0.2, 0.25) is 5.02 Å². The van der Waals surface area contributed by atoms with Gasteiger partial charge in [-0.25, -0.2) is 9.38 Å². The van der Waals surface area contributed by atoms with Gasteiger partial charge in [0.05, 0.1) is 11.1 Å². The van der Waals surface area contributed by atoms with Gasteiger partial charge in [0.1, 0.15) is 4.83 Å². The van der Waals surface area contributed by atoms with Gasteiger partial charge in [0.25, 0.3) is 0 Å². The van der Waals surface area contributed by atoms with Gasteiger partial charge in [0, 0.05) is 15.6 Å². The summed E-state index contributed by atoms with van der Waals surface area (Å²) in [5.74, 6) is 0.103. The zero-order valence-electron chi connectivity index (χ0n) is 15.4. The van der Waals surface area contributed by atoms with Gasteiger partial charge in [0.15, 0.2) is 16.0 Å². The molecular formula is C19H16ClN5OS3. The molecule has 0 bridgehead atoms. The first-order valence-electron chi connectivity index (χ1n) is 9.05. The highest BCUT2D eigenvalue weighted by molar-refractivity contribution is 8.00. The third kappa shape index (κ3) is 3.50. The van der Waals surface area contributed by atoms with E-state index in [2.05, 4.69) is 15.5 Å². The number of carbonyl (C=O) groups excluding carboxylic acids is 1. The molecule has 0 atom stereocenters. The van der Waals surface area contributed by atoms with Crippen molar-refractivity contribution in [3.63, 3.8) is 0 Å². The molecule has 1 aliphatic rings. The van der Waals surface area contributed by atoms with E-state index in [1.807, 2.05) is 16.7 Å². The minimum atomic E-state index is -0.120. The summed E-state index contributed by atoms with van der Waals surface area (Å²) >= 11 is 10.7. The predicted molar refractivity (Wildman–Crippen MR) is 121 cm³/mol. The topological polar surface area (TPSA) is 72.2 Å². The van der Waals surface area contributed by atoms with Crippen molar-refractivity contribution >= 4 is 73.9 Å². The Morgan fingerprint density at radius 1 is 1.31 bits per heavy atom. The molecule has 10 heteroatoms. The highest BCUT2D eigenvalue weighted by Crippen LogP contribution is 2.40. The summed E-state index contributed by atoms with van der Waals surface area (Å²) in [5.41, 5.74) is 2.89. The molecule has 29 heavy (non-hydrogen) atoms. The number of aryl methyl sites for hydroxylation is 2. The van der Waals surface area contributed by atoms with E-state index in [4.69, 9.17) is 16.6 Å². The van der Waals surface area contributed by atoms with E-state index < -0.39 is 0 Å². The van der Waals surface area contributed by atoms with Crippen molar-refractivity contribution in [3.8, 4) is 0 Å². The first-order valence-corrected chi connectivity index (χ1v) is 12.5.